The van der Waals surface area contributed by atoms with Crippen molar-refractivity contribution in [2.24, 2.45) is 0 Å². The first kappa shape index (κ1) is 14.9. The Balaban J connectivity index is 2.51. The molecule has 1 aromatic rings. The van der Waals surface area contributed by atoms with Gasteiger partial charge in [-0.1, -0.05) is 0 Å². The molecule has 102 valence electrons. The summed E-state index contributed by atoms with van der Waals surface area (Å²) in [6.45, 7) is 10.4. The van der Waals surface area contributed by atoms with E-state index in [2.05, 4.69) is 24.1 Å². The number of hydrogen-bond donors (Lipinski definition) is 1. The molecule has 1 rings (SSSR count). The molecule has 0 aromatic carbocycles. The van der Waals surface area contributed by atoms with Crippen LogP contribution in [0, 0.1) is 6.92 Å². The van der Waals surface area contributed by atoms with Gasteiger partial charge in [-0.3, -0.25) is 4.98 Å². The van der Waals surface area contributed by atoms with Gasteiger partial charge in [0.2, 0.25) is 0 Å². The van der Waals surface area contributed by atoms with Gasteiger partial charge in [0.1, 0.15) is 5.75 Å². The minimum Gasteiger partial charge on any atom is -0.497 e. The Morgan fingerprint density at radius 2 is 2.06 bits per heavy atom. The van der Waals surface area contributed by atoms with Crippen molar-refractivity contribution in [1.29, 1.82) is 0 Å². The van der Waals surface area contributed by atoms with Crippen molar-refractivity contribution in [2.75, 3.05) is 20.3 Å². The lowest BCUT2D eigenvalue weighted by atomic mass is 10.1. The summed E-state index contributed by atoms with van der Waals surface area (Å²) in [6, 6.07) is 3.88. The van der Waals surface area contributed by atoms with E-state index in [0.717, 1.165) is 30.3 Å². The normalized spacial score (nSPS) is 11.6. The summed E-state index contributed by atoms with van der Waals surface area (Å²) in [5, 5.41) is 3.36. The number of rotatable bonds is 7. The number of nitrogens with zero attached hydrogens (tertiary/aromatic N) is 1. The first-order valence-corrected chi connectivity index (χ1v) is 6.33. The van der Waals surface area contributed by atoms with Crippen LogP contribution in [-0.4, -0.2) is 30.8 Å². The average molecular weight is 252 g/mol. The second-order valence-corrected chi connectivity index (χ2v) is 4.94. The van der Waals surface area contributed by atoms with Crippen molar-refractivity contribution in [1.82, 2.24) is 10.3 Å². The molecule has 0 radical (unpaired) electrons. The molecule has 0 amide bonds. The minimum absolute atomic E-state index is 0.150. The Morgan fingerprint density at radius 3 is 2.67 bits per heavy atom. The van der Waals surface area contributed by atoms with E-state index in [0.29, 0.717) is 6.54 Å². The lowest BCUT2D eigenvalue weighted by Crippen LogP contribution is -2.37. The Morgan fingerprint density at radius 1 is 1.33 bits per heavy atom. The highest BCUT2D eigenvalue weighted by molar-refractivity contribution is 5.26. The van der Waals surface area contributed by atoms with E-state index >= 15 is 0 Å². The molecule has 4 nitrogen and oxygen atoms in total. The van der Waals surface area contributed by atoms with Crippen LogP contribution in [0.5, 0.6) is 5.75 Å². The third kappa shape index (κ3) is 5.02. The zero-order valence-corrected chi connectivity index (χ0v) is 12.0. The summed E-state index contributed by atoms with van der Waals surface area (Å²) < 4.78 is 10.9. The zero-order chi connectivity index (χ0) is 13.6. The van der Waals surface area contributed by atoms with Crippen LogP contribution in [0.4, 0.5) is 0 Å². The molecule has 1 aromatic heterocycles. The minimum atomic E-state index is -0.150. The van der Waals surface area contributed by atoms with Crippen molar-refractivity contribution in [2.45, 2.75) is 39.8 Å². The van der Waals surface area contributed by atoms with E-state index in [1.165, 1.54) is 0 Å². The van der Waals surface area contributed by atoms with Gasteiger partial charge in [-0.05, 0) is 27.7 Å². The monoisotopic (exact) mass is 252 g/mol. The summed E-state index contributed by atoms with van der Waals surface area (Å²) in [4.78, 5) is 4.46. The maximum absolute atomic E-state index is 5.63. The van der Waals surface area contributed by atoms with Crippen LogP contribution in [0.1, 0.15) is 32.2 Å². The van der Waals surface area contributed by atoms with Gasteiger partial charge in [-0.25, -0.2) is 0 Å². The summed E-state index contributed by atoms with van der Waals surface area (Å²) in [6.07, 6.45) is 0. The van der Waals surface area contributed by atoms with Crippen LogP contribution in [0.2, 0.25) is 0 Å². The maximum atomic E-state index is 5.63. The van der Waals surface area contributed by atoms with E-state index < -0.39 is 0 Å². The van der Waals surface area contributed by atoms with Gasteiger partial charge in [0.15, 0.2) is 0 Å². The van der Waals surface area contributed by atoms with Crippen molar-refractivity contribution >= 4 is 0 Å². The fourth-order valence-corrected chi connectivity index (χ4v) is 1.84. The van der Waals surface area contributed by atoms with Gasteiger partial charge in [0.25, 0.3) is 0 Å². The quantitative estimate of drug-likeness (QED) is 0.808. The molecule has 1 heterocycles. The smallest absolute Gasteiger partial charge is 0.122 e. The fourth-order valence-electron chi connectivity index (χ4n) is 1.84. The summed E-state index contributed by atoms with van der Waals surface area (Å²) in [7, 11) is 1.67. The SMILES string of the molecule is CCOC(C)(C)CNCc1cc(OC)cc(C)n1. The molecule has 0 aliphatic rings. The number of aryl methyl sites for hydroxylation is 1. The lowest BCUT2D eigenvalue weighted by molar-refractivity contribution is -0.00901. The lowest BCUT2D eigenvalue weighted by Gasteiger charge is -2.25. The van der Waals surface area contributed by atoms with Crippen LogP contribution in [-0.2, 0) is 11.3 Å². The number of methoxy groups -OCH3 is 1. The third-order valence-corrected chi connectivity index (χ3v) is 2.61. The summed E-state index contributed by atoms with van der Waals surface area (Å²) >= 11 is 0. The highest BCUT2D eigenvalue weighted by Gasteiger charge is 2.16. The van der Waals surface area contributed by atoms with E-state index in [9.17, 15) is 0 Å². The maximum Gasteiger partial charge on any atom is 0.122 e. The average Bonchev–Trinajstić information content (AvgIpc) is 2.27. The topological polar surface area (TPSA) is 43.4 Å². The molecule has 0 saturated carbocycles. The van der Waals surface area contributed by atoms with Crippen LogP contribution in [0.15, 0.2) is 12.1 Å². The molecule has 0 unspecified atom stereocenters. The van der Waals surface area contributed by atoms with Gasteiger partial charge in [-0.15, -0.1) is 0 Å². The number of ether oxygens (including phenoxy) is 2. The Bertz CT molecular complexity index is 378. The number of hydrogen-bond acceptors (Lipinski definition) is 4. The molecule has 0 aliphatic heterocycles. The molecule has 0 bridgehead atoms. The Hall–Kier alpha value is -1.13. The Kier molecular flexibility index (Phi) is 5.56. The predicted octanol–water partition coefficient (Wildman–Crippen LogP) is 2.30. The van der Waals surface area contributed by atoms with Crippen LogP contribution >= 0.6 is 0 Å². The highest BCUT2D eigenvalue weighted by atomic mass is 16.5. The Labute approximate surface area is 110 Å². The van der Waals surface area contributed by atoms with Crippen molar-refractivity contribution in [3.8, 4) is 5.75 Å². The van der Waals surface area contributed by atoms with E-state index in [1.54, 1.807) is 7.11 Å². The van der Waals surface area contributed by atoms with Gasteiger partial charge in [0.05, 0.1) is 18.4 Å². The highest BCUT2D eigenvalue weighted by Crippen LogP contribution is 2.13. The summed E-state index contributed by atoms with van der Waals surface area (Å²) in [5.41, 5.74) is 1.80. The van der Waals surface area contributed by atoms with E-state index in [1.807, 2.05) is 26.0 Å². The molecule has 4 heteroatoms. The van der Waals surface area contributed by atoms with Crippen LogP contribution < -0.4 is 10.1 Å². The molecule has 0 fully saturated rings. The molecule has 0 spiro atoms. The van der Waals surface area contributed by atoms with Crippen molar-refractivity contribution in [3.63, 3.8) is 0 Å². The molecule has 0 saturated heterocycles. The first-order chi connectivity index (χ1) is 8.46. The largest absolute Gasteiger partial charge is 0.497 e. The van der Waals surface area contributed by atoms with Crippen molar-refractivity contribution in [3.05, 3.63) is 23.5 Å². The molecule has 0 aliphatic carbocycles. The number of aromatic nitrogens is 1. The first-order valence-electron chi connectivity index (χ1n) is 6.33. The third-order valence-electron chi connectivity index (χ3n) is 2.61. The van der Waals surface area contributed by atoms with Gasteiger partial charge >= 0.3 is 0 Å². The van der Waals surface area contributed by atoms with E-state index in [-0.39, 0.29) is 5.60 Å². The van der Waals surface area contributed by atoms with E-state index in [4.69, 9.17) is 9.47 Å². The predicted molar refractivity (Wildman–Crippen MR) is 72.9 cm³/mol. The fraction of sp³-hybridized carbons (Fsp3) is 0.643. The standard InChI is InChI=1S/C14H24N2O2/c1-6-18-14(3,4)10-15-9-12-8-13(17-5)7-11(2)16-12/h7-8,15H,6,9-10H2,1-5H3. The molecule has 1 N–H and O–H groups in total. The second kappa shape index (κ2) is 6.71. The van der Waals surface area contributed by atoms with Gasteiger partial charge in [0, 0.05) is 37.5 Å². The van der Waals surface area contributed by atoms with Gasteiger partial charge in [-0.2, -0.15) is 0 Å². The summed E-state index contributed by atoms with van der Waals surface area (Å²) in [5.74, 6) is 0.850. The zero-order valence-electron chi connectivity index (χ0n) is 12.0. The van der Waals surface area contributed by atoms with Crippen LogP contribution in [0.3, 0.4) is 0 Å². The van der Waals surface area contributed by atoms with Gasteiger partial charge < -0.3 is 14.8 Å². The second-order valence-electron chi connectivity index (χ2n) is 4.94. The molecular formula is C14H24N2O2. The molecule has 18 heavy (non-hydrogen) atoms. The molecular weight excluding hydrogens is 228 g/mol. The van der Waals surface area contributed by atoms with Crippen molar-refractivity contribution < 1.29 is 9.47 Å². The number of pyridine rings is 1. The molecule has 0 atom stereocenters. The van der Waals surface area contributed by atoms with Crippen LogP contribution in [0.25, 0.3) is 0 Å². The number of nitrogens with one attached hydrogen (secondary N) is 1.